The number of carbonyl (C=O) groups excluding carboxylic acids is 3. The van der Waals surface area contributed by atoms with Crippen molar-refractivity contribution in [2.24, 2.45) is 0 Å². The second-order valence-electron chi connectivity index (χ2n) is 6.54. The summed E-state index contributed by atoms with van der Waals surface area (Å²) in [7, 11) is 3.09. The van der Waals surface area contributed by atoms with Gasteiger partial charge in [-0.2, -0.15) is 0 Å². The Labute approximate surface area is 173 Å². The smallest absolute Gasteiger partial charge is 0.417 e. The fourth-order valence-electron chi connectivity index (χ4n) is 3.04. The van der Waals surface area contributed by atoms with Crippen molar-refractivity contribution in [1.29, 1.82) is 0 Å². The number of amides is 4. The van der Waals surface area contributed by atoms with Crippen molar-refractivity contribution in [3.63, 3.8) is 0 Å². The minimum Gasteiger partial charge on any atom is -0.493 e. The van der Waals surface area contributed by atoms with E-state index in [1.54, 1.807) is 19.2 Å². The molecule has 1 atom stereocenters. The van der Waals surface area contributed by atoms with E-state index in [1.807, 2.05) is 36.4 Å². The lowest BCUT2D eigenvalue weighted by Gasteiger charge is -2.23. The van der Waals surface area contributed by atoms with E-state index in [1.165, 1.54) is 7.11 Å². The van der Waals surface area contributed by atoms with Gasteiger partial charge in [0.05, 0.1) is 26.8 Å². The van der Waals surface area contributed by atoms with E-state index < -0.39 is 24.1 Å². The highest BCUT2D eigenvalue weighted by Gasteiger charge is 2.33. The first-order chi connectivity index (χ1) is 14.5. The standard InChI is InChI=1S/C21H23N3O6/c1-28-17-9-8-14(10-18(17)29-2)11-22-20(26)23-16(15-6-4-3-5-7-15)12-24-19(25)13-30-21(24)27/h3-10,16H,11-13H2,1-2H3,(H2,22,23,26). The predicted molar refractivity (Wildman–Crippen MR) is 107 cm³/mol. The highest BCUT2D eigenvalue weighted by molar-refractivity contribution is 5.97. The Kier molecular flexibility index (Phi) is 6.74. The van der Waals surface area contributed by atoms with Crippen LogP contribution in [0.2, 0.25) is 0 Å². The Bertz CT molecular complexity index is 902. The molecule has 2 aromatic rings. The number of ether oxygens (including phenoxy) is 3. The monoisotopic (exact) mass is 413 g/mol. The molecule has 0 aromatic heterocycles. The molecular formula is C21H23N3O6. The van der Waals surface area contributed by atoms with Crippen molar-refractivity contribution >= 4 is 18.0 Å². The summed E-state index contributed by atoms with van der Waals surface area (Å²) in [5.41, 5.74) is 1.57. The largest absolute Gasteiger partial charge is 0.493 e. The average Bonchev–Trinajstić information content (AvgIpc) is 3.09. The van der Waals surface area contributed by atoms with Crippen LogP contribution >= 0.6 is 0 Å². The molecule has 1 heterocycles. The third kappa shape index (κ3) is 4.99. The van der Waals surface area contributed by atoms with E-state index in [-0.39, 0.29) is 19.7 Å². The number of rotatable bonds is 8. The SMILES string of the molecule is COc1ccc(CNC(=O)NC(CN2C(=O)COC2=O)c2ccccc2)cc1OC. The molecule has 2 N–H and O–H groups in total. The highest BCUT2D eigenvalue weighted by Crippen LogP contribution is 2.27. The second-order valence-corrected chi connectivity index (χ2v) is 6.54. The van der Waals surface area contributed by atoms with Gasteiger partial charge < -0.3 is 24.8 Å². The fraction of sp³-hybridized carbons (Fsp3) is 0.286. The van der Waals surface area contributed by atoms with Crippen molar-refractivity contribution in [1.82, 2.24) is 15.5 Å². The summed E-state index contributed by atoms with van der Waals surface area (Å²) in [5, 5.41) is 5.58. The van der Waals surface area contributed by atoms with E-state index in [0.29, 0.717) is 11.5 Å². The van der Waals surface area contributed by atoms with Gasteiger partial charge in [0.1, 0.15) is 0 Å². The van der Waals surface area contributed by atoms with Crippen LogP contribution in [0.25, 0.3) is 0 Å². The zero-order chi connectivity index (χ0) is 21.5. The molecular weight excluding hydrogens is 390 g/mol. The number of cyclic esters (lactones) is 1. The Balaban J connectivity index is 1.66. The maximum absolute atomic E-state index is 12.5. The predicted octanol–water partition coefficient (Wildman–Crippen LogP) is 2.22. The third-order valence-electron chi connectivity index (χ3n) is 4.61. The van der Waals surface area contributed by atoms with Crippen LogP contribution in [0.1, 0.15) is 17.2 Å². The van der Waals surface area contributed by atoms with Gasteiger partial charge in [-0.1, -0.05) is 36.4 Å². The van der Waals surface area contributed by atoms with Gasteiger partial charge in [-0.15, -0.1) is 0 Å². The first-order valence-corrected chi connectivity index (χ1v) is 9.29. The molecule has 1 fully saturated rings. The maximum Gasteiger partial charge on any atom is 0.417 e. The van der Waals surface area contributed by atoms with Crippen LogP contribution in [-0.4, -0.2) is 50.3 Å². The molecule has 0 bridgehead atoms. The molecule has 0 radical (unpaired) electrons. The van der Waals surface area contributed by atoms with Gasteiger partial charge in [-0.25, -0.2) is 14.5 Å². The Hall–Kier alpha value is -3.75. The molecule has 0 saturated carbocycles. The summed E-state index contributed by atoms with van der Waals surface area (Å²) in [6.07, 6.45) is -0.714. The first kappa shape index (κ1) is 21.0. The zero-order valence-corrected chi connectivity index (χ0v) is 16.7. The van der Waals surface area contributed by atoms with Crippen LogP contribution in [0.15, 0.2) is 48.5 Å². The van der Waals surface area contributed by atoms with Crippen molar-refractivity contribution in [2.45, 2.75) is 12.6 Å². The fourth-order valence-corrected chi connectivity index (χ4v) is 3.04. The van der Waals surface area contributed by atoms with E-state index >= 15 is 0 Å². The lowest BCUT2D eigenvalue weighted by molar-refractivity contribution is -0.126. The quantitative estimate of drug-likeness (QED) is 0.687. The minimum atomic E-state index is -0.714. The molecule has 1 aliphatic rings. The summed E-state index contributed by atoms with van der Waals surface area (Å²) in [4.78, 5) is 37.2. The lowest BCUT2D eigenvalue weighted by atomic mass is 10.1. The molecule has 4 amide bonds. The van der Waals surface area contributed by atoms with Gasteiger partial charge in [0, 0.05) is 6.54 Å². The number of hydrogen-bond donors (Lipinski definition) is 2. The van der Waals surface area contributed by atoms with Gasteiger partial charge in [0.25, 0.3) is 5.91 Å². The van der Waals surface area contributed by atoms with E-state index in [9.17, 15) is 14.4 Å². The van der Waals surface area contributed by atoms with Gasteiger partial charge in [-0.3, -0.25) is 4.79 Å². The van der Waals surface area contributed by atoms with Crippen molar-refractivity contribution in [2.75, 3.05) is 27.4 Å². The number of benzene rings is 2. The minimum absolute atomic E-state index is 0.0224. The number of carbonyl (C=O) groups is 3. The molecule has 1 aliphatic heterocycles. The van der Waals surface area contributed by atoms with Gasteiger partial charge in [0.15, 0.2) is 18.1 Å². The normalized spacial score (nSPS) is 14.1. The maximum atomic E-state index is 12.5. The van der Waals surface area contributed by atoms with Gasteiger partial charge >= 0.3 is 12.1 Å². The molecule has 158 valence electrons. The van der Waals surface area contributed by atoms with Crippen LogP contribution in [0, 0.1) is 0 Å². The molecule has 1 saturated heterocycles. The van der Waals surface area contributed by atoms with E-state index in [2.05, 4.69) is 10.6 Å². The van der Waals surface area contributed by atoms with Crippen LogP contribution in [0.5, 0.6) is 11.5 Å². The van der Waals surface area contributed by atoms with Crippen LogP contribution in [0.3, 0.4) is 0 Å². The zero-order valence-electron chi connectivity index (χ0n) is 16.7. The van der Waals surface area contributed by atoms with E-state index in [4.69, 9.17) is 14.2 Å². The van der Waals surface area contributed by atoms with Gasteiger partial charge in [0.2, 0.25) is 0 Å². The van der Waals surface area contributed by atoms with Crippen LogP contribution in [-0.2, 0) is 16.1 Å². The van der Waals surface area contributed by atoms with Crippen LogP contribution in [0.4, 0.5) is 9.59 Å². The lowest BCUT2D eigenvalue weighted by Crippen LogP contribution is -2.43. The number of hydrogen-bond acceptors (Lipinski definition) is 6. The Morgan fingerprint density at radius 2 is 1.83 bits per heavy atom. The Morgan fingerprint density at radius 1 is 1.10 bits per heavy atom. The molecule has 9 heteroatoms. The van der Waals surface area contributed by atoms with E-state index in [0.717, 1.165) is 16.0 Å². The van der Waals surface area contributed by atoms with Crippen LogP contribution < -0.4 is 20.1 Å². The van der Waals surface area contributed by atoms with Crippen molar-refractivity contribution in [3.8, 4) is 11.5 Å². The van der Waals surface area contributed by atoms with Crippen molar-refractivity contribution in [3.05, 3.63) is 59.7 Å². The average molecular weight is 413 g/mol. The molecule has 9 nitrogen and oxygen atoms in total. The summed E-state index contributed by atoms with van der Waals surface area (Å²) >= 11 is 0. The molecule has 2 aromatic carbocycles. The number of methoxy groups -OCH3 is 2. The highest BCUT2D eigenvalue weighted by atomic mass is 16.6. The Morgan fingerprint density at radius 3 is 2.47 bits per heavy atom. The third-order valence-corrected chi connectivity index (χ3v) is 4.61. The molecule has 0 spiro atoms. The number of imide groups is 1. The second kappa shape index (κ2) is 9.64. The number of nitrogens with zero attached hydrogens (tertiary/aromatic N) is 1. The number of urea groups is 1. The first-order valence-electron chi connectivity index (χ1n) is 9.29. The summed E-state index contributed by atoms with van der Waals surface area (Å²) < 4.78 is 15.2. The topological polar surface area (TPSA) is 106 Å². The van der Waals surface area contributed by atoms with Gasteiger partial charge in [-0.05, 0) is 23.3 Å². The molecule has 3 rings (SSSR count). The number of nitrogens with one attached hydrogen (secondary N) is 2. The summed E-state index contributed by atoms with van der Waals surface area (Å²) in [6, 6.07) is 13.4. The molecule has 0 aliphatic carbocycles. The molecule has 1 unspecified atom stereocenters. The molecule has 30 heavy (non-hydrogen) atoms. The summed E-state index contributed by atoms with van der Waals surface area (Å²) in [6.45, 7) is -0.0598. The summed E-state index contributed by atoms with van der Waals surface area (Å²) in [5.74, 6) is 0.718. The van der Waals surface area contributed by atoms with Crippen molar-refractivity contribution < 1.29 is 28.6 Å².